The van der Waals surface area contributed by atoms with Crippen molar-refractivity contribution in [2.45, 2.75) is 19.3 Å². The van der Waals surface area contributed by atoms with Gasteiger partial charge in [0, 0.05) is 22.2 Å². The second-order valence-corrected chi connectivity index (χ2v) is 9.45. The minimum atomic E-state index is -0.546. The van der Waals surface area contributed by atoms with E-state index in [9.17, 15) is 0 Å². The maximum atomic E-state index is 6.84. The second-order valence-electron chi connectivity index (χ2n) is 9.45. The molecule has 0 fully saturated rings. The average Bonchev–Trinajstić information content (AvgIpc) is 3.41. The summed E-state index contributed by atoms with van der Waals surface area (Å²) in [7, 11) is 0. The van der Waals surface area contributed by atoms with Crippen LogP contribution in [0.5, 0.6) is 0 Å². The third kappa shape index (κ3) is 5.29. The quantitative estimate of drug-likeness (QED) is 0.244. The van der Waals surface area contributed by atoms with Crippen LogP contribution in [0.1, 0.15) is 25.1 Å². The van der Waals surface area contributed by atoms with E-state index in [-0.39, 0.29) is 0 Å². The summed E-state index contributed by atoms with van der Waals surface area (Å²) in [6.07, 6.45) is 1.98. The fraction of sp³-hybridized carbons (Fsp3) is 0.0909. The first kappa shape index (κ1) is 24.0. The lowest BCUT2D eigenvalue weighted by Crippen LogP contribution is -2.27. The lowest BCUT2D eigenvalue weighted by Gasteiger charge is -2.23. The molecule has 0 saturated heterocycles. The molecule has 0 unspecified atom stereocenters. The SMILES string of the molecule is CC(C)(C(N)=CC(=Nc1ccccc1)c1ccccc1)c1cc(-c2ccccc2)n(-c2ccccc2)n1. The summed E-state index contributed by atoms with van der Waals surface area (Å²) in [6, 6.07) is 42.7. The molecule has 5 rings (SSSR count). The lowest BCUT2D eigenvalue weighted by atomic mass is 9.84. The van der Waals surface area contributed by atoms with Crippen LogP contribution in [-0.2, 0) is 5.41 Å². The van der Waals surface area contributed by atoms with Crippen LogP contribution in [0.25, 0.3) is 16.9 Å². The molecule has 37 heavy (non-hydrogen) atoms. The summed E-state index contributed by atoms with van der Waals surface area (Å²) in [5.41, 5.74) is 13.7. The minimum Gasteiger partial charge on any atom is -0.401 e. The van der Waals surface area contributed by atoms with Crippen molar-refractivity contribution in [2.75, 3.05) is 0 Å². The standard InChI is InChI=1S/C33H30N4/c1-33(2,31(34)23-29(25-15-7-3-8-16-25)35-27-19-11-5-12-20-27)32-24-30(26-17-9-4-10-18-26)37(36-32)28-21-13-6-14-22-28/h3-24H,34H2,1-2H3. The first-order chi connectivity index (χ1) is 18.0. The molecule has 2 N–H and O–H groups in total. The third-order valence-electron chi connectivity index (χ3n) is 6.51. The molecule has 0 bridgehead atoms. The van der Waals surface area contributed by atoms with Gasteiger partial charge in [0.25, 0.3) is 0 Å². The number of nitrogens with zero attached hydrogens (tertiary/aromatic N) is 3. The van der Waals surface area contributed by atoms with Crippen LogP contribution in [-0.4, -0.2) is 15.5 Å². The fourth-order valence-electron chi connectivity index (χ4n) is 4.17. The van der Waals surface area contributed by atoms with Crippen molar-refractivity contribution in [3.8, 4) is 16.9 Å². The Balaban J connectivity index is 1.60. The summed E-state index contributed by atoms with van der Waals surface area (Å²) in [4.78, 5) is 4.93. The molecule has 0 saturated carbocycles. The largest absolute Gasteiger partial charge is 0.401 e. The predicted molar refractivity (Wildman–Crippen MR) is 153 cm³/mol. The number of aliphatic imine (C=N–C) groups is 1. The van der Waals surface area contributed by atoms with Crippen molar-refractivity contribution in [1.82, 2.24) is 9.78 Å². The fourth-order valence-corrected chi connectivity index (χ4v) is 4.17. The molecule has 4 nitrogen and oxygen atoms in total. The molecule has 0 amide bonds. The normalized spacial score (nSPS) is 12.5. The van der Waals surface area contributed by atoms with Crippen LogP contribution < -0.4 is 5.73 Å². The van der Waals surface area contributed by atoms with Crippen molar-refractivity contribution in [3.63, 3.8) is 0 Å². The Morgan fingerprint density at radius 3 is 1.92 bits per heavy atom. The Morgan fingerprint density at radius 1 is 0.757 bits per heavy atom. The van der Waals surface area contributed by atoms with Gasteiger partial charge in [0.15, 0.2) is 0 Å². The lowest BCUT2D eigenvalue weighted by molar-refractivity contribution is 0.584. The highest BCUT2D eigenvalue weighted by Gasteiger charge is 2.29. The number of hydrogen-bond acceptors (Lipinski definition) is 3. The van der Waals surface area contributed by atoms with E-state index in [2.05, 4.69) is 56.3 Å². The number of para-hydroxylation sites is 2. The summed E-state index contributed by atoms with van der Waals surface area (Å²) in [5, 5.41) is 5.07. The molecule has 0 radical (unpaired) electrons. The molecular formula is C33H30N4. The topological polar surface area (TPSA) is 56.2 Å². The van der Waals surface area contributed by atoms with Gasteiger partial charge in [-0.2, -0.15) is 5.10 Å². The van der Waals surface area contributed by atoms with Gasteiger partial charge in [0.05, 0.1) is 28.5 Å². The molecule has 1 aromatic heterocycles. The number of nitrogens with two attached hydrogens (primary N) is 1. The van der Waals surface area contributed by atoms with Crippen LogP contribution in [0.15, 0.2) is 144 Å². The van der Waals surface area contributed by atoms with Crippen molar-refractivity contribution in [1.29, 1.82) is 0 Å². The summed E-state index contributed by atoms with van der Waals surface area (Å²) < 4.78 is 2.00. The number of aromatic nitrogens is 2. The Hall–Kier alpha value is -4.70. The Bertz CT molecular complexity index is 1460. The Labute approximate surface area is 218 Å². The van der Waals surface area contributed by atoms with E-state index >= 15 is 0 Å². The van der Waals surface area contributed by atoms with Crippen LogP contribution in [0.2, 0.25) is 0 Å². The second kappa shape index (κ2) is 10.5. The van der Waals surface area contributed by atoms with E-state index in [4.69, 9.17) is 15.8 Å². The molecule has 0 atom stereocenters. The van der Waals surface area contributed by atoms with E-state index in [0.717, 1.165) is 39.6 Å². The monoisotopic (exact) mass is 482 g/mol. The minimum absolute atomic E-state index is 0.546. The maximum absolute atomic E-state index is 6.84. The van der Waals surface area contributed by atoms with Gasteiger partial charge in [-0.15, -0.1) is 0 Å². The first-order valence-electron chi connectivity index (χ1n) is 12.4. The number of hydrogen-bond donors (Lipinski definition) is 1. The van der Waals surface area contributed by atoms with Crippen molar-refractivity contribution < 1.29 is 0 Å². The number of allylic oxidation sites excluding steroid dienone is 2. The average molecular weight is 483 g/mol. The van der Waals surface area contributed by atoms with Crippen LogP contribution in [0.3, 0.4) is 0 Å². The van der Waals surface area contributed by atoms with E-state index in [1.165, 1.54) is 0 Å². The molecule has 4 heteroatoms. The highest BCUT2D eigenvalue weighted by molar-refractivity contribution is 6.10. The highest BCUT2D eigenvalue weighted by atomic mass is 15.3. The first-order valence-corrected chi connectivity index (χ1v) is 12.4. The zero-order valence-corrected chi connectivity index (χ0v) is 21.1. The predicted octanol–water partition coefficient (Wildman–Crippen LogP) is 7.48. The molecule has 0 aliphatic heterocycles. The molecular weight excluding hydrogens is 452 g/mol. The van der Waals surface area contributed by atoms with Gasteiger partial charge in [-0.25, -0.2) is 9.67 Å². The van der Waals surface area contributed by atoms with Gasteiger partial charge in [0.1, 0.15) is 0 Å². The van der Waals surface area contributed by atoms with Gasteiger partial charge in [0.2, 0.25) is 0 Å². The van der Waals surface area contributed by atoms with E-state index in [1.54, 1.807) is 0 Å². The third-order valence-corrected chi connectivity index (χ3v) is 6.51. The van der Waals surface area contributed by atoms with Gasteiger partial charge in [-0.3, -0.25) is 0 Å². The van der Waals surface area contributed by atoms with Crippen LogP contribution >= 0.6 is 0 Å². The molecule has 0 aliphatic rings. The molecule has 0 spiro atoms. The van der Waals surface area contributed by atoms with E-state index in [1.807, 2.05) is 95.7 Å². The van der Waals surface area contributed by atoms with Gasteiger partial charge < -0.3 is 5.73 Å². The van der Waals surface area contributed by atoms with E-state index in [0.29, 0.717) is 5.70 Å². The number of rotatable bonds is 7. The van der Waals surface area contributed by atoms with Crippen molar-refractivity contribution in [3.05, 3.63) is 150 Å². The molecule has 182 valence electrons. The number of benzene rings is 4. The van der Waals surface area contributed by atoms with Gasteiger partial charge in [-0.1, -0.05) is 97.1 Å². The molecule has 4 aromatic carbocycles. The van der Waals surface area contributed by atoms with Gasteiger partial charge >= 0.3 is 0 Å². The van der Waals surface area contributed by atoms with Gasteiger partial charge in [-0.05, 0) is 50.3 Å². The Morgan fingerprint density at radius 2 is 1.30 bits per heavy atom. The summed E-state index contributed by atoms with van der Waals surface area (Å²) in [5.74, 6) is 0. The van der Waals surface area contributed by atoms with Crippen molar-refractivity contribution >= 4 is 11.4 Å². The summed E-state index contributed by atoms with van der Waals surface area (Å²) in [6.45, 7) is 4.22. The highest BCUT2D eigenvalue weighted by Crippen LogP contribution is 2.33. The smallest absolute Gasteiger partial charge is 0.0750 e. The molecule has 0 aliphatic carbocycles. The van der Waals surface area contributed by atoms with Crippen LogP contribution in [0.4, 0.5) is 5.69 Å². The maximum Gasteiger partial charge on any atom is 0.0750 e. The summed E-state index contributed by atoms with van der Waals surface area (Å²) >= 11 is 0. The zero-order valence-electron chi connectivity index (χ0n) is 21.1. The molecule has 1 heterocycles. The molecule has 5 aromatic rings. The van der Waals surface area contributed by atoms with Crippen molar-refractivity contribution in [2.24, 2.45) is 10.7 Å². The Kier molecular flexibility index (Phi) is 6.82. The zero-order chi connectivity index (χ0) is 25.7. The van der Waals surface area contributed by atoms with E-state index < -0.39 is 5.41 Å². The van der Waals surface area contributed by atoms with Crippen LogP contribution in [0, 0.1) is 0 Å².